The van der Waals surface area contributed by atoms with Gasteiger partial charge < -0.3 is 19.1 Å². The highest BCUT2D eigenvalue weighted by Gasteiger charge is 2.24. The number of rotatable bonds is 8. The van der Waals surface area contributed by atoms with E-state index in [4.69, 9.17) is 9.16 Å². The summed E-state index contributed by atoms with van der Waals surface area (Å²) in [6.07, 6.45) is 13.6. The maximum atomic E-state index is 6.08. The number of ether oxygens (including phenoxy) is 1. The standard InChI is InChI=1S/C15H32N2O2Si/c1-18-12-13-19-20(16-14-8-4-2-5-9-14)17-15-10-6-3-7-11-15/h14-17,20H,2-13H2,1H3. The molecular formula is C15H32N2O2Si. The highest BCUT2D eigenvalue weighted by atomic mass is 28.3. The van der Waals surface area contributed by atoms with Crippen molar-refractivity contribution in [2.24, 2.45) is 0 Å². The fraction of sp³-hybridized carbons (Fsp3) is 1.00. The van der Waals surface area contributed by atoms with E-state index >= 15 is 0 Å². The molecule has 2 rings (SSSR count). The fourth-order valence-corrected chi connectivity index (χ4v) is 5.50. The molecule has 0 saturated heterocycles. The Labute approximate surface area is 125 Å². The Balaban J connectivity index is 1.75. The first kappa shape index (κ1) is 16.4. The van der Waals surface area contributed by atoms with Crippen LogP contribution >= 0.6 is 0 Å². The average molecular weight is 301 g/mol. The van der Waals surface area contributed by atoms with Gasteiger partial charge in [0.1, 0.15) is 0 Å². The van der Waals surface area contributed by atoms with Crippen molar-refractivity contribution in [2.75, 3.05) is 20.3 Å². The zero-order valence-electron chi connectivity index (χ0n) is 13.0. The molecule has 2 N–H and O–H groups in total. The summed E-state index contributed by atoms with van der Waals surface area (Å²) in [6.45, 7) is 1.41. The van der Waals surface area contributed by atoms with Gasteiger partial charge in [-0.25, -0.2) is 0 Å². The fourth-order valence-electron chi connectivity index (χ4n) is 3.36. The van der Waals surface area contributed by atoms with Crippen molar-refractivity contribution >= 4 is 9.36 Å². The quantitative estimate of drug-likeness (QED) is 0.533. The van der Waals surface area contributed by atoms with Crippen LogP contribution in [0, 0.1) is 0 Å². The average Bonchev–Trinajstić information content (AvgIpc) is 2.49. The molecule has 0 spiro atoms. The van der Waals surface area contributed by atoms with Crippen molar-refractivity contribution in [1.82, 2.24) is 9.96 Å². The molecular weight excluding hydrogens is 268 g/mol. The van der Waals surface area contributed by atoms with Crippen molar-refractivity contribution in [2.45, 2.75) is 76.3 Å². The first-order valence-electron chi connectivity index (χ1n) is 8.51. The monoisotopic (exact) mass is 300 g/mol. The molecule has 118 valence electrons. The van der Waals surface area contributed by atoms with Crippen molar-refractivity contribution in [3.05, 3.63) is 0 Å². The van der Waals surface area contributed by atoms with Crippen LogP contribution in [0.3, 0.4) is 0 Å². The number of nitrogens with one attached hydrogen (secondary N) is 2. The molecule has 20 heavy (non-hydrogen) atoms. The van der Waals surface area contributed by atoms with Crippen LogP contribution in [0.5, 0.6) is 0 Å². The molecule has 0 heterocycles. The summed E-state index contributed by atoms with van der Waals surface area (Å²) in [6, 6.07) is 1.36. The molecule has 2 aliphatic carbocycles. The normalized spacial score (nSPS) is 22.5. The van der Waals surface area contributed by atoms with E-state index in [1.165, 1.54) is 64.2 Å². The Morgan fingerprint density at radius 3 is 1.75 bits per heavy atom. The number of hydrogen-bond donors (Lipinski definition) is 2. The topological polar surface area (TPSA) is 42.5 Å². The highest BCUT2D eigenvalue weighted by molar-refractivity contribution is 6.46. The number of hydrogen-bond acceptors (Lipinski definition) is 4. The highest BCUT2D eigenvalue weighted by Crippen LogP contribution is 2.19. The van der Waals surface area contributed by atoms with E-state index in [-0.39, 0.29) is 0 Å². The van der Waals surface area contributed by atoms with Gasteiger partial charge in [-0.3, -0.25) is 0 Å². The van der Waals surface area contributed by atoms with E-state index in [0.717, 1.165) is 0 Å². The summed E-state index contributed by atoms with van der Waals surface area (Å²) in [4.78, 5) is 7.62. The largest absolute Gasteiger partial charge is 0.392 e. The van der Waals surface area contributed by atoms with Crippen molar-refractivity contribution in [3.63, 3.8) is 0 Å². The zero-order valence-corrected chi connectivity index (χ0v) is 14.2. The maximum absolute atomic E-state index is 6.08. The van der Waals surface area contributed by atoms with Gasteiger partial charge in [0, 0.05) is 19.2 Å². The first-order chi connectivity index (χ1) is 9.88. The maximum Gasteiger partial charge on any atom is 0.335 e. The second-order valence-electron chi connectivity index (χ2n) is 6.25. The van der Waals surface area contributed by atoms with Crippen LogP contribution in [-0.4, -0.2) is 41.8 Å². The van der Waals surface area contributed by atoms with Gasteiger partial charge in [0.05, 0.1) is 13.2 Å². The molecule has 2 aliphatic rings. The van der Waals surface area contributed by atoms with Crippen molar-refractivity contribution in [1.29, 1.82) is 0 Å². The molecule has 4 nitrogen and oxygen atoms in total. The minimum atomic E-state index is -1.49. The lowest BCUT2D eigenvalue weighted by Crippen LogP contribution is -2.57. The molecule has 2 fully saturated rings. The molecule has 0 aliphatic heterocycles. The summed E-state index contributed by atoms with van der Waals surface area (Å²) in [5.74, 6) is 0. The van der Waals surface area contributed by atoms with Crippen molar-refractivity contribution < 1.29 is 9.16 Å². The van der Waals surface area contributed by atoms with Crippen LogP contribution in [0.4, 0.5) is 0 Å². The van der Waals surface area contributed by atoms with Crippen LogP contribution in [0.2, 0.25) is 0 Å². The lowest BCUT2D eigenvalue weighted by Gasteiger charge is -2.31. The minimum absolute atomic E-state index is 0.680. The lowest BCUT2D eigenvalue weighted by atomic mass is 9.96. The van der Waals surface area contributed by atoms with Gasteiger partial charge in [0.15, 0.2) is 0 Å². The van der Waals surface area contributed by atoms with E-state index in [2.05, 4.69) is 9.96 Å². The molecule has 0 unspecified atom stereocenters. The van der Waals surface area contributed by atoms with Crippen LogP contribution in [0.1, 0.15) is 64.2 Å². The SMILES string of the molecule is COCCO[SiH](NC1CCCCC1)NC1CCCCC1. The van der Waals surface area contributed by atoms with Crippen LogP contribution in [-0.2, 0) is 9.16 Å². The Morgan fingerprint density at radius 2 is 1.30 bits per heavy atom. The van der Waals surface area contributed by atoms with E-state index in [0.29, 0.717) is 25.3 Å². The van der Waals surface area contributed by atoms with E-state index in [1.54, 1.807) is 7.11 Å². The third kappa shape index (κ3) is 6.22. The van der Waals surface area contributed by atoms with Gasteiger partial charge in [0.2, 0.25) is 0 Å². The van der Waals surface area contributed by atoms with Gasteiger partial charge in [-0.05, 0) is 25.7 Å². The summed E-state index contributed by atoms with van der Waals surface area (Å²) >= 11 is 0. The summed E-state index contributed by atoms with van der Waals surface area (Å²) in [5, 5.41) is 0. The van der Waals surface area contributed by atoms with Crippen LogP contribution in [0.15, 0.2) is 0 Å². The van der Waals surface area contributed by atoms with E-state index in [1.807, 2.05) is 0 Å². The van der Waals surface area contributed by atoms with Gasteiger partial charge in [-0.2, -0.15) is 0 Å². The second kappa shape index (κ2) is 9.90. The third-order valence-electron chi connectivity index (χ3n) is 4.56. The molecule has 0 aromatic rings. The van der Waals surface area contributed by atoms with E-state index in [9.17, 15) is 0 Å². The Hall–Kier alpha value is 0.0569. The zero-order chi connectivity index (χ0) is 14.0. The summed E-state index contributed by atoms with van der Waals surface area (Å²) < 4.78 is 11.2. The smallest absolute Gasteiger partial charge is 0.335 e. The molecule has 0 bridgehead atoms. The minimum Gasteiger partial charge on any atom is -0.392 e. The van der Waals surface area contributed by atoms with Crippen LogP contribution < -0.4 is 9.96 Å². The molecule has 0 radical (unpaired) electrons. The Morgan fingerprint density at radius 1 is 0.800 bits per heavy atom. The van der Waals surface area contributed by atoms with Gasteiger partial charge in [-0.1, -0.05) is 38.5 Å². The predicted molar refractivity (Wildman–Crippen MR) is 85.0 cm³/mol. The first-order valence-corrected chi connectivity index (χ1v) is 10.1. The molecule has 0 aromatic carbocycles. The molecule has 2 saturated carbocycles. The summed E-state index contributed by atoms with van der Waals surface area (Å²) in [5.41, 5.74) is 0. The van der Waals surface area contributed by atoms with Gasteiger partial charge >= 0.3 is 9.36 Å². The van der Waals surface area contributed by atoms with Crippen molar-refractivity contribution in [3.8, 4) is 0 Å². The molecule has 0 aromatic heterocycles. The Bertz CT molecular complexity index is 224. The van der Waals surface area contributed by atoms with Gasteiger partial charge in [-0.15, -0.1) is 0 Å². The number of methoxy groups -OCH3 is 1. The molecule has 0 amide bonds. The van der Waals surface area contributed by atoms with Gasteiger partial charge in [0.25, 0.3) is 0 Å². The Kier molecular flexibility index (Phi) is 8.13. The summed E-state index contributed by atoms with van der Waals surface area (Å²) in [7, 11) is 0.247. The molecule has 5 heteroatoms. The third-order valence-corrected chi connectivity index (χ3v) is 6.67. The van der Waals surface area contributed by atoms with Crippen LogP contribution in [0.25, 0.3) is 0 Å². The predicted octanol–water partition coefficient (Wildman–Crippen LogP) is 2.21. The second-order valence-corrected chi connectivity index (χ2v) is 8.01. The van der Waals surface area contributed by atoms with E-state index < -0.39 is 9.36 Å². The lowest BCUT2D eigenvalue weighted by molar-refractivity contribution is 0.140. The molecule has 0 atom stereocenters.